The van der Waals surface area contributed by atoms with E-state index in [1.165, 1.54) is 0 Å². The van der Waals surface area contributed by atoms with E-state index in [2.05, 4.69) is 44.1 Å². The van der Waals surface area contributed by atoms with Gasteiger partial charge in [-0.2, -0.15) is 5.26 Å². The number of benzene rings is 1. The van der Waals surface area contributed by atoms with E-state index in [4.69, 9.17) is 4.74 Å². The smallest absolute Gasteiger partial charge is 0.407 e. The number of amides is 2. The molecule has 196 valence electrons. The number of aromatic nitrogens is 1. The first-order valence-electron chi connectivity index (χ1n) is 12.7. The van der Waals surface area contributed by atoms with Gasteiger partial charge in [-0.1, -0.05) is 18.2 Å². The van der Waals surface area contributed by atoms with Gasteiger partial charge in [-0.05, 0) is 92.6 Å². The van der Waals surface area contributed by atoms with Crippen molar-refractivity contribution in [1.82, 2.24) is 20.1 Å². The van der Waals surface area contributed by atoms with E-state index in [1.807, 2.05) is 45.0 Å². The standard InChI is InChI=1S/C28H34BrN5O3/c1-18-11-12-23-22(14-24(29)32-23)26(35)34(16-20-9-6-5-8-19(20)15-30)25(18)33-13-7-10-21(17-33)31-27(36)37-28(2,3)4/h5-6,8-9,14,21,32H,7,10-13,16-17H2,1-4H3,(H,31,36)/t21-/m1/s1. The fraction of sp³-hybridized carbons (Fsp3) is 0.464. The van der Waals surface area contributed by atoms with Crippen molar-refractivity contribution in [3.63, 3.8) is 0 Å². The molecule has 4 rings (SSSR count). The number of alkyl carbamates (subject to hydrolysis) is 1. The van der Waals surface area contributed by atoms with Crippen LogP contribution in [0.25, 0.3) is 0 Å². The molecule has 1 saturated heterocycles. The van der Waals surface area contributed by atoms with E-state index < -0.39 is 11.7 Å². The highest BCUT2D eigenvalue weighted by molar-refractivity contribution is 9.10. The maximum Gasteiger partial charge on any atom is 0.407 e. The third-order valence-corrected chi connectivity index (χ3v) is 7.06. The Hall–Kier alpha value is -3.25. The topological polar surface area (TPSA) is 101 Å². The number of halogens is 1. The Balaban J connectivity index is 1.68. The predicted octanol–water partition coefficient (Wildman–Crippen LogP) is 5.46. The molecule has 3 heterocycles. The van der Waals surface area contributed by atoms with E-state index >= 15 is 0 Å². The molecule has 1 aromatic carbocycles. The minimum absolute atomic E-state index is 0.102. The summed E-state index contributed by atoms with van der Waals surface area (Å²) in [5, 5.41) is 12.7. The minimum Gasteiger partial charge on any atom is -0.444 e. The Labute approximate surface area is 226 Å². The van der Waals surface area contributed by atoms with Crippen LogP contribution in [0.4, 0.5) is 4.79 Å². The van der Waals surface area contributed by atoms with Gasteiger partial charge in [-0.3, -0.25) is 9.69 Å². The quantitative estimate of drug-likeness (QED) is 0.511. The number of aryl methyl sites for hydroxylation is 1. The lowest BCUT2D eigenvalue weighted by Crippen LogP contribution is -2.51. The molecule has 2 aromatic rings. The molecule has 1 atom stereocenters. The van der Waals surface area contributed by atoms with Crippen LogP contribution < -0.4 is 5.32 Å². The van der Waals surface area contributed by atoms with Crippen molar-refractivity contribution in [2.75, 3.05) is 13.1 Å². The van der Waals surface area contributed by atoms with Crippen LogP contribution in [0.15, 0.2) is 46.3 Å². The fourth-order valence-electron chi connectivity index (χ4n) is 5.03. The highest BCUT2D eigenvalue weighted by atomic mass is 79.9. The molecule has 2 N–H and O–H groups in total. The fourth-order valence-corrected chi connectivity index (χ4v) is 5.50. The lowest BCUT2D eigenvalue weighted by Gasteiger charge is -2.42. The summed E-state index contributed by atoms with van der Waals surface area (Å²) in [5.41, 5.74) is 3.39. The van der Waals surface area contributed by atoms with Gasteiger partial charge in [0.25, 0.3) is 5.91 Å². The zero-order valence-corrected chi connectivity index (χ0v) is 23.4. The predicted molar refractivity (Wildman–Crippen MR) is 145 cm³/mol. The van der Waals surface area contributed by atoms with E-state index in [0.717, 1.165) is 59.5 Å². The van der Waals surface area contributed by atoms with Crippen LogP contribution >= 0.6 is 15.9 Å². The van der Waals surface area contributed by atoms with Gasteiger partial charge >= 0.3 is 6.09 Å². The second-order valence-corrected chi connectivity index (χ2v) is 11.6. The third-order valence-electron chi connectivity index (χ3n) is 6.64. The van der Waals surface area contributed by atoms with Crippen molar-refractivity contribution in [2.24, 2.45) is 0 Å². The number of rotatable bonds is 4. The van der Waals surface area contributed by atoms with Crippen LogP contribution in [0.3, 0.4) is 0 Å². The van der Waals surface area contributed by atoms with E-state index in [9.17, 15) is 14.9 Å². The molecule has 0 radical (unpaired) electrons. The molecule has 0 aliphatic carbocycles. The monoisotopic (exact) mass is 567 g/mol. The highest BCUT2D eigenvalue weighted by Crippen LogP contribution is 2.32. The van der Waals surface area contributed by atoms with Crippen LogP contribution in [0.2, 0.25) is 0 Å². The van der Waals surface area contributed by atoms with Gasteiger partial charge in [0.15, 0.2) is 0 Å². The Morgan fingerprint density at radius 2 is 2.05 bits per heavy atom. The molecule has 0 spiro atoms. The van der Waals surface area contributed by atoms with Gasteiger partial charge in [0.05, 0.1) is 28.3 Å². The first kappa shape index (κ1) is 26.8. The number of likely N-dealkylation sites (tertiary alicyclic amines) is 1. The number of hydrogen-bond donors (Lipinski definition) is 2. The molecule has 9 heteroatoms. The number of piperidine rings is 1. The number of nitrogens with one attached hydrogen (secondary N) is 2. The van der Waals surface area contributed by atoms with Gasteiger partial charge in [-0.15, -0.1) is 0 Å². The summed E-state index contributed by atoms with van der Waals surface area (Å²) in [6.07, 6.45) is 2.77. The van der Waals surface area contributed by atoms with Gasteiger partial charge in [0.2, 0.25) is 0 Å². The first-order chi connectivity index (χ1) is 17.6. The summed E-state index contributed by atoms with van der Waals surface area (Å²) in [6, 6.07) is 11.4. The van der Waals surface area contributed by atoms with Crippen LogP contribution in [-0.4, -0.2) is 51.5 Å². The van der Waals surface area contributed by atoms with E-state index in [0.29, 0.717) is 17.7 Å². The molecule has 1 fully saturated rings. The van der Waals surface area contributed by atoms with Crippen molar-refractivity contribution in [3.05, 3.63) is 68.7 Å². The van der Waals surface area contributed by atoms with Crippen molar-refractivity contribution in [2.45, 2.75) is 71.6 Å². The molecule has 2 aliphatic rings. The average molecular weight is 569 g/mol. The van der Waals surface area contributed by atoms with Gasteiger partial charge in [-0.25, -0.2) is 4.79 Å². The Kier molecular flexibility index (Phi) is 7.98. The van der Waals surface area contributed by atoms with Crippen LogP contribution in [0.5, 0.6) is 0 Å². The largest absolute Gasteiger partial charge is 0.444 e. The molecular weight excluding hydrogens is 534 g/mol. The van der Waals surface area contributed by atoms with Gasteiger partial charge in [0.1, 0.15) is 11.4 Å². The number of hydrogen-bond acceptors (Lipinski definition) is 5. The Morgan fingerprint density at radius 1 is 1.30 bits per heavy atom. The number of H-pyrrole nitrogens is 1. The van der Waals surface area contributed by atoms with E-state index in [-0.39, 0.29) is 18.5 Å². The van der Waals surface area contributed by atoms with Crippen molar-refractivity contribution in [3.8, 4) is 6.07 Å². The molecule has 0 saturated carbocycles. The maximum absolute atomic E-state index is 14.1. The number of fused-ring (bicyclic) bond motifs is 1. The van der Waals surface area contributed by atoms with Crippen molar-refractivity contribution >= 4 is 27.9 Å². The van der Waals surface area contributed by atoms with Crippen LogP contribution in [0.1, 0.15) is 74.1 Å². The summed E-state index contributed by atoms with van der Waals surface area (Å²) in [6.45, 7) is 9.22. The summed E-state index contributed by atoms with van der Waals surface area (Å²) in [7, 11) is 0. The van der Waals surface area contributed by atoms with Gasteiger partial charge in [0, 0.05) is 24.8 Å². The van der Waals surface area contributed by atoms with Crippen molar-refractivity contribution < 1.29 is 14.3 Å². The Bertz CT molecular complexity index is 1250. The molecule has 8 nitrogen and oxygen atoms in total. The minimum atomic E-state index is -0.572. The number of allylic oxidation sites excluding steroid dienone is 1. The third kappa shape index (κ3) is 6.37. The second-order valence-electron chi connectivity index (χ2n) is 10.7. The summed E-state index contributed by atoms with van der Waals surface area (Å²) < 4.78 is 6.25. The lowest BCUT2D eigenvalue weighted by atomic mass is 9.99. The number of ether oxygens (including phenoxy) is 1. The molecule has 37 heavy (non-hydrogen) atoms. The molecule has 0 unspecified atom stereocenters. The summed E-state index contributed by atoms with van der Waals surface area (Å²) in [4.78, 5) is 33.8. The number of carbonyl (C=O) groups excluding carboxylic acids is 2. The van der Waals surface area contributed by atoms with Crippen molar-refractivity contribution in [1.29, 1.82) is 5.26 Å². The summed E-state index contributed by atoms with van der Waals surface area (Å²) in [5.74, 6) is 0.748. The number of carbonyl (C=O) groups is 2. The molecule has 2 amide bonds. The highest BCUT2D eigenvalue weighted by Gasteiger charge is 2.34. The van der Waals surface area contributed by atoms with Gasteiger partial charge < -0.3 is 19.9 Å². The average Bonchev–Trinajstić information content (AvgIpc) is 3.20. The normalized spacial score (nSPS) is 18.6. The maximum atomic E-state index is 14.1. The Morgan fingerprint density at radius 3 is 2.78 bits per heavy atom. The number of aromatic amines is 1. The lowest BCUT2D eigenvalue weighted by molar-refractivity contribution is 0.0461. The number of nitrogens with zero attached hydrogens (tertiary/aromatic N) is 3. The van der Waals surface area contributed by atoms with Crippen LogP contribution in [-0.2, 0) is 17.7 Å². The summed E-state index contributed by atoms with van der Waals surface area (Å²) >= 11 is 3.49. The molecular formula is C28H34BrN5O3. The SMILES string of the molecule is CC1=C(N2CCC[C@@H](NC(=O)OC(C)(C)C)C2)N(Cc2ccccc2C#N)C(=O)c2cc(Br)[nH]c2CC1. The zero-order chi connectivity index (χ0) is 26.7. The molecule has 2 aliphatic heterocycles. The molecule has 1 aromatic heterocycles. The zero-order valence-electron chi connectivity index (χ0n) is 21.9. The number of nitriles is 1. The van der Waals surface area contributed by atoms with E-state index in [1.54, 1.807) is 11.0 Å². The second kappa shape index (κ2) is 11.0. The molecule has 0 bridgehead atoms. The first-order valence-corrected chi connectivity index (χ1v) is 13.5. The van der Waals surface area contributed by atoms with Crippen LogP contribution in [0, 0.1) is 11.3 Å².